The average Bonchev–Trinajstić information content (AvgIpc) is 2.46. The summed E-state index contributed by atoms with van der Waals surface area (Å²) in [6.07, 6.45) is 2.80. The molecule has 0 spiro atoms. The van der Waals surface area contributed by atoms with Crippen molar-refractivity contribution in [3.63, 3.8) is 0 Å². The molecular weight excluding hydrogens is 160 g/mol. The maximum Gasteiger partial charge on any atom is 0.0238 e. The van der Waals surface area contributed by atoms with Crippen LogP contribution in [-0.4, -0.2) is 36.1 Å². The van der Waals surface area contributed by atoms with Crippen LogP contribution in [0, 0.1) is 5.92 Å². The largest absolute Gasteiger partial charge is 0.310 e. The molecule has 2 heterocycles. The molecule has 0 aromatic rings. The number of hydrogen-bond acceptors (Lipinski definition) is 2. The van der Waals surface area contributed by atoms with Crippen molar-refractivity contribution in [3.05, 3.63) is 0 Å². The molecule has 2 fully saturated rings. The van der Waals surface area contributed by atoms with Gasteiger partial charge in [0, 0.05) is 31.2 Å². The molecule has 2 rings (SSSR count). The van der Waals surface area contributed by atoms with E-state index in [1.165, 1.54) is 25.9 Å². The summed E-state index contributed by atoms with van der Waals surface area (Å²) in [5.41, 5.74) is 0. The highest BCUT2D eigenvalue weighted by molar-refractivity contribution is 4.94. The zero-order chi connectivity index (χ0) is 9.42. The summed E-state index contributed by atoms with van der Waals surface area (Å²) in [6, 6.07) is 2.25. The number of likely N-dealkylation sites (tertiary alicyclic amines) is 1. The van der Waals surface area contributed by atoms with Crippen LogP contribution in [0.25, 0.3) is 0 Å². The SMILES string of the molecule is CC1CCC2CN(C(C)C)CC2N1. The van der Waals surface area contributed by atoms with Gasteiger partial charge in [0.25, 0.3) is 0 Å². The molecule has 0 amide bonds. The first-order valence-electron chi connectivity index (χ1n) is 5.67. The fourth-order valence-corrected chi connectivity index (χ4v) is 2.72. The zero-order valence-corrected chi connectivity index (χ0v) is 9.09. The summed E-state index contributed by atoms with van der Waals surface area (Å²) in [5, 5.41) is 3.72. The number of piperidine rings is 1. The second-order valence-corrected chi connectivity index (χ2v) is 5.06. The summed E-state index contributed by atoms with van der Waals surface area (Å²) in [4.78, 5) is 2.61. The molecule has 0 radical (unpaired) electrons. The lowest BCUT2D eigenvalue weighted by molar-refractivity contribution is 0.263. The lowest BCUT2D eigenvalue weighted by Gasteiger charge is -2.30. The third-order valence-electron chi connectivity index (χ3n) is 3.67. The number of nitrogens with one attached hydrogen (secondary N) is 1. The van der Waals surface area contributed by atoms with Crippen LogP contribution in [0.4, 0.5) is 0 Å². The highest BCUT2D eigenvalue weighted by Gasteiger charge is 2.36. The molecule has 0 bridgehead atoms. The minimum absolute atomic E-state index is 0.725. The Morgan fingerprint density at radius 3 is 2.69 bits per heavy atom. The van der Waals surface area contributed by atoms with Gasteiger partial charge in [-0.05, 0) is 39.5 Å². The Morgan fingerprint density at radius 1 is 1.23 bits per heavy atom. The fraction of sp³-hybridized carbons (Fsp3) is 1.00. The lowest BCUT2D eigenvalue weighted by Crippen LogP contribution is -2.46. The van der Waals surface area contributed by atoms with Gasteiger partial charge in [-0.15, -0.1) is 0 Å². The number of fused-ring (bicyclic) bond motifs is 1. The molecule has 2 heteroatoms. The molecule has 76 valence electrons. The summed E-state index contributed by atoms with van der Waals surface area (Å²) in [5.74, 6) is 0.929. The van der Waals surface area contributed by atoms with Crippen molar-refractivity contribution in [3.8, 4) is 0 Å². The van der Waals surface area contributed by atoms with Crippen LogP contribution < -0.4 is 5.32 Å². The Bertz CT molecular complexity index is 179. The van der Waals surface area contributed by atoms with Crippen LogP contribution in [-0.2, 0) is 0 Å². The van der Waals surface area contributed by atoms with Gasteiger partial charge in [-0.1, -0.05) is 0 Å². The fourth-order valence-electron chi connectivity index (χ4n) is 2.72. The van der Waals surface area contributed by atoms with E-state index in [-0.39, 0.29) is 0 Å². The molecule has 0 aromatic heterocycles. The second-order valence-electron chi connectivity index (χ2n) is 5.06. The topological polar surface area (TPSA) is 15.3 Å². The summed E-state index contributed by atoms with van der Waals surface area (Å²) < 4.78 is 0. The number of nitrogens with zero attached hydrogens (tertiary/aromatic N) is 1. The van der Waals surface area contributed by atoms with Gasteiger partial charge in [0.15, 0.2) is 0 Å². The zero-order valence-electron chi connectivity index (χ0n) is 9.09. The van der Waals surface area contributed by atoms with Crippen molar-refractivity contribution in [2.24, 2.45) is 5.92 Å². The Balaban J connectivity index is 1.94. The minimum Gasteiger partial charge on any atom is -0.310 e. The van der Waals surface area contributed by atoms with E-state index in [0.29, 0.717) is 0 Å². The van der Waals surface area contributed by atoms with Gasteiger partial charge in [-0.2, -0.15) is 0 Å². The quantitative estimate of drug-likeness (QED) is 0.660. The minimum atomic E-state index is 0.725. The molecule has 3 unspecified atom stereocenters. The first-order chi connectivity index (χ1) is 6.16. The van der Waals surface area contributed by atoms with E-state index in [4.69, 9.17) is 0 Å². The van der Waals surface area contributed by atoms with Crippen molar-refractivity contribution < 1.29 is 0 Å². The molecule has 0 saturated carbocycles. The van der Waals surface area contributed by atoms with E-state index < -0.39 is 0 Å². The Labute approximate surface area is 81.7 Å². The van der Waals surface area contributed by atoms with Crippen LogP contribution >= 0.6 is 0 Å². The van der Waals surface area contributed by atoms with E-state index in [1.54, 1.807) is 0 Å². The molecule has 3 atom stereocenters. The Hall–Kier alpha value is -0.0800. The molecular formula is C11H22N2. The number of hydrogen-bond donors (Lipinski definition) is 1. The van der Waals surface area contributed by atoms with Gasteiger partial charge in [-0.3, -0.25) is 4.90 Å². The third kappa shape index (κ3) is 1.89. The predicted molar refractivity (Wildman–Crippen MR) is 55.8 cm³/mol. The van der Waals surface area contributed by atoms with Crippen LogP contribution in [0.2, 0.25) is 0 Å². The first-order valence-corrected chi connectivity index (χ1v) is 5.67. The second kappa shape index (κ2) is 3.58. The summed E-state index contributed by atoms with van der Waals surface area (Å²) in [6.45, 7) is 9.52. The van der Waals surface area contributed by atoms with E-state index in [2.05, 4.69) is 31.0 Å². The van der Waals surface area contributed by atoms with E-state index in [9.17, 15) is 0 Å². The van der Waals surface area contributed by atoms with Crippen molar-refractivity contribution in [1.29, 1.82) is 0 Å². The average molecular weight is 182 g/mol. The van der Waals surface area contributed by atoms with Gasteiger partial charge in [0.05, 0.1) is 0 Å². The van der Waals surface area contributed by atoms with Gasteiger partial charge in [0.1, 0.15) is 0 Å². The van der Waals surface area contributed by atoms with E-state index in [1.807, 2.05) is 0 Å². The van der Waals surface area contributed by atoms with Crippen LogP contribution in [0.3, 0.4) is 0 Å². The molecule has 2 aliphatic heterocycles. The van der Waals surface area contributed by atoms with Crippen molar-refractivity contribution in [1.82, 2.24) is 10.2 Å². The summed E-state index contributed by atoms with van der Waals surface area (Å²) >= 11 is 0. The third-order valence-corrected chi connectivity index (χ3v) is 3.67. The van der Waals surface area contributed by atoms with Crippen molar-refractivity contribution >= 4 is 0 Å². The van der Waals surface area contributed by atoms with E-state index >= 15 is 0 Å². The monoisotopic (exact) mass is 182 g/mol. The van der Waals surface area contributed by atoms with E-state index in [0.717, 1.165) is 24.0 Å². The van der Waals surface area contributed by atoms with Gasteiger partial charge in [-0.25, -0.2) is 0 Å². The highest BCUT2D eigenvalue weighted by Crippen LogP contribution is 2.27. The molecule has 2 aliphatic rings. The van der Waals surface area contributed by atoms with Crippen molar-refractivity contribution in [2.45, 2.75) is 51.7 Å². The Kier molecular flexibility index (Phi) is 2.61. The maximum absolute atomic E-state index is 3.72. The molecule has 13 heavy (non-hydrogen) atoms. The van der Waals surface area contributed by atoms with Gasteiger partial charge < -0.3 is 5.32 Å². The standard InChI is InChI=1S/C11H22N2/c1-8(2)13-6-10-5-4-9(3)12-11(10)7-13/h8-12H,4-7H2,1-3H3. The van der Waals surface area contributed by atoms with Crippen molar-refractivity contribution in [2.75, 3.05) is 13.1 Å². The highest BCUT2D eigenvalue weighted by atomic mass is 15.2. The van der Waals surface area contributed by atoms with Crippen LogP contribution in [0.5, 0.6) is 0 Å². The van der Waals surface area contributed by atoms with Gasteiger partial charge in [0.2, 0.25) is 0 Å². The van der Waals surface area contributed by atoms with Gasteiger partial charge >= 0.3 is 0 Å². The number of rotatable bonds is 1. The smallest absolute Gasteiger partial charge is 0.0238 e. The van der Waals surface area contributed by atoms with Crippen LogP contribution in [0.15, 0.2) is 0 Å². The Morgan fingerprint density at radius 2 is 2.00 bits per heavy atom. The lowest BCUT2D eigenvalue weighted by atomic mass is 9.91. The molecule has 0 aliphatic carbocycles. The molecule has 2 saturated heterocycles. The molecule has 2 nitrogen and oxygen atoms in total. The molecule has 0 aromatic carbocycles. The summed E-state index contributed by atoms with van der Waals surface area (Å²) in [7, 11) is 0. The predicted octanol–water partition coefficient (Wildman–Crippen LogP) is 1.47. The maximum atomic E-state index is 3.72. The molecule has 1 N–H and O–H groups in total. The first kappa shape index (κ1) is 9.47. The van der Waals surface area contributed by atoms with Crippen LogP contribution in [0.1, 0.15) is 33.6 Å². The normalized spacial score (nSPS) is 41.1.